The van der Waals surface area contributed by atoms with Gasteiger partial charge in [-0.25, -0.2) is 0 Å². The molecule has 0 aromatic heterocycles. The highest BCUT2D eigenvalue weighted by atomic mass is 19.3. The molecule has 30 heavy (non-hydrogen) atoms. The van der Waals surface area contributed by atoms with Crippen LogP contribution in [-0.2, 0) is 4.79 Å². The Morgan fingerprint density at radius 2 is 1.50 bits per heavy atom. The maximum atomic E-state index is 12.8. The molecule has 3 aromatic rings. The van der Waals surface area contributed by atoms with E-state index < -0.39 is 6.61 Å². The van der Waals surface area contributed by atoms with Crippen LogP contribution in [-0.4, -0.2) is 18.4 Å². The molecule has 0 aliphatic heterocycles. The summed E-state index contributed by atoms with van der Waals surface area (Å²) in [5.74, 6) is -0.519. The van der Waals surface area contributed by atoms with Crippen LogP contribution in [0.4, 0.5) is 31.5 Å². The Kier molecular flexibility index (Phi) is 6.59. The zero-order chi connectivity index (χ0) is 21.5. The highest BCUT2D eigenvalue weighted by molar-refractivity contribution is 6.08. The molecule has 2 amide bonds. The Balaban J connectivity index is 1.74. The third-order valence-electron chi connectivity index (χ3n) is 3.97. The second-order valence-corrected chi connectivity index (χ2v) is 6.29. The Morgan fingerprint density at radius 1 is 0.833 bits per heavy atom. The van der Waals surface area contributed by atoms with E-state index in [4.69, 9.17) is 0 Å². The van der Waals surface area contributed by atoms with E-state index >= 15 is 0 Å². The van der Waals surface area contributed by atoms with Crippen LogP contribution >= 0.6 is 0 Å². The van der Waals surface area contributed by atoms with Crippen molar-refractivity contribution >= 4 is 34.6 Å². The molecular formula is C22H19F2N3O3. The Bertz CT molecular complexity index is 1040. The van der Waals surface area contributed by atoms with Crippen LogP contribution < -0.4 is 20.7 Å². The van der Waals surface area contributed by atoms with Gasteiger partial charge in [0.25, 0.3) is 5.91 Å². The first kappa shape index (κ1) is 20.8. The van der Waals surface area contributed by atoms with Crippen LogP contribution in [0.5, 0.6) is 5.75 Å². The maximum absolute atomic E-state index is 12.8. The normalized spacial score (nSPS) is 10.4. The molecule has 0 atom stereocenters. The number of rotatable bonds is 7. The molecule has 0 bridgehead atoms. The van der Waals surface area contributed by atoms with Crippen molar-refractivity contribution < 1.29 is 23.1 Å². The van der Waals surface area contributed by atoms with Crippen LogP contribution in [0.2, 0.25) is 0 Å². The van der Waals surface area contributed by atoms with Gasteiger partial charge in [0, 0.05) is 24.0 Å². The average molecular weight is 411 g/mol. The van der Waals surface area contributed by atoms with E-state index in [1.54, 1.807) is 60.7 Å². The van der Waals surface area contributed by atoms with Gasteiger partial charge in [0.1, 0.15) is 5.75 Å². The van der Waals surface area contributed by atoms with Crippen molar-refractivity contribution in [2.45, 2.75) is 13.5 Å². The summed E-state index contributed by atoms with van der Waals surface area (Å²) in [7, 11) is 0. The number of benzene rings is 3. The number of carbonyl (C=O) groups is 2. The minimum atomic E-state index is -2.89. The smallest absolute Gasteiger partial charge is 0.387 e. The molecular weight excluding hydrogens is 392 g/mol. The molecule has 0 radical (unpaired) electrons. The summed E-state index contributed by atoms with van der Waals surface area (Å²) in [6.07, 6.45) is 0. The topological polar surface area (TPSA) is 79.5 Å². The third-order valence-corrected chi connectivity index (χ3v) is 3.97. The number of ether oxygens (including phenoxy) is 1. The predicted octanol–water partition coefficient (Wildman–Crippen LogP) is 5.24. The van der Waals surface area contributed by atoms with Gasteiger partial charge >= 0.3 is 6.61 Å². The highest BCUT2D eigenvalue weighted by Gasteiger charge is 2.12. The van der Waals surface area contributed by atoms with Gasteiger partial charge in [0.15, 0.2) is 0 Å². The first-order chi connectivity index (χ1) is 14.4. The van der Waals surface area contributed by atoms with E-state index in [2.05, 4.69) is 20.7 Å². The van der Waals surface area contributed by atoms with Gasteiger partial charge in [-0.1, -0.05) is 18.2 Å². The number of alkyl halides is 2. The fourth-order valence-corrected chi connectivity index (χ4v) is 2.74. The fraction of sp³-hybridized carbons (Fsp3) is 0.0909. The van der Waals surface area contributed by atoms with Crippen molar-refractivity contribution in [3.05, 3.63) is 78.4 Å². The van der Waals surface area contributed by atoms with Gasteiger partial charge in [-0.2, -0.15) is 8.78 Å². The summed E-state index contributed by atoms with van der Waals surface area (Å²) in [4.78, 5) is 24.0. The third kappa shape index (κ3) is 5.78. The number of halogens is 2. The molecule has 154 valence electrons. The lowest BCUT2D eigenvalue weighted by Crippen LogP contribution is -2.14. The van der Waals surface area contributed by atoms with Crippen molar-refractivity contribution in [2.75, 3.05) is 16.0 Å². The molecule has 0 unspecified atom stereocenters. The maximum Gasteiger partial charge on any atom is 0.387 e. The monoisotopic (exact) mass is 411 g/mol. The Morgan fingerprint density at radius 3 is 2.17 bits per heavy atom. The molecule has 0 spiro atoms. The minimum Gasteiger partial charge on any atom is -0.435 e. The van der Waals surface area contributed by atoms with E-state index in [0.29, 0.717) is 28.3 Å². The van der Waals surface area contributed by atoms with Gasteiger partial charge in [-0.3, -0.25) is 9.59 Å². The number of amides is 2. The number of hydrogen-bond acceptors (Lipinski definition) is 4. The number of para-hydroxylation sites is 1. The van der Waals surface area contributed by atoms with Crippen molar-refractivity contribution in [1.29, 1.82) is 0 Å². The lowest BCUT2D eigenvalue weighted by atomic mass is 10.1. The first-order valence-electron chi connectivity index (χ1n) is 9.00. The Hall–Kier alpha value is -3.94. The standard InChI is InChI=1S/C22H19F2N3O3/c1-14(28)25-16-5-4-6-17(13-16)27-21(29)19-7-2-3-8-20(19)26-15-9-11-18(12-10-15)30-22(23)24/h2-13,22,26H,1H3,(H,25,28)(H,27,29). The molecule has 0 saturated carbocycles. The number of hydrogen-bond donors (Lipinski definition) is 3. The molecule has 0 saturated heterocycles. The SMILES string of the molecule is CC(=O)Nc1cccc(NC(=O)c2ccccc2Nc2ccc(OC(F)F)cc2)c1. The fourth-order valence-electron chi connectivity index (χ4n) is 2.74. The number of nitrogens with one attached hydrogen (secondary N) is 3. The van der Waals surface area contributed by atoms with Crippen LogP contribution in [0.15, 0.2) is 72.8 Å². The molecule has 0 fully saturated rings. The first-order valence-corrected chi connectivity index (χ1v) is 9.00. The summed E-state index contributed by atoms with van der Waals surface area (Å²) in [6.45, 7) is -1.49. The molecule has 6 nitrogen and oxygen atoms in total. The Labute approximate surface area is 171 Å². The van der Waals surface area contributed by atoms with E-state index in [1.807, 2.05) is 0 Å². The van der Waals surface area contributed by atoms with Crippen molar-refractivity contribution in [2.24, 2.45) is 0 Å². The lowest BCUT2D eigenvalue weighted by molar-refractivity contribution is -0.114. The van der Waals surface area contributed by atoms with Gasteiger partial charge in [-0.15, -0.1) is 0 Å². The lowest BCUT2D eigenvalue weighted by Gasteiger charge is -2.13. The second kappa shape index (κ2) is 9.51. The molecule has 3 rings (SSSR count). The number of carbonyl (C=O) groups excluding carboxylic acids is 2. The van der Waals surface area contributed by atoms with E-state index in [-0.39, 0.29) is 17.6 Å². The average Bonchev–Trinajstić information content (AvgIpc) is 2.69. The summed E-state index contributed by atoms with van der Waals surface area (Å²) >= 11 is 0. The zero-order valence-electron chi connectivity index (χ0n) is 16.0. The molecule has 3 N–H and O–H groups in total. The molecule has 0 aliphatic rings. The van der Waals surface area contributed by atoms with Crippen LogP contribution in [0.3, 0.4) is 0 Å². The van der Waals surface area contributed by atoms with Crippen molar-refractivity contribution in [3.63, 3.8) is 0 Å². The molecule has 8 heteroatoms. The highest BCUT2D eigenvalue weighted by Crippen LogP contribution is 2.25. The van der Waals surface area contributed by atoms with Gasteiger partial charge in [-0.05, 0) is 54.6 Å². The quantitative estimate of drug-likeness (QED) is 0.497. The van der Waals surface area contributed by atoms with E-state index in [0.717, 1.165) is 0 Å². The number of anilines is 4. The van der Waals surface area contributed by atoms with Gasteiger partial charge in [0.05, 0.1) is 11.3 Å². The molecule has 3 aromatic carbocycles. The van der Waals surface area contributed by atoms with Crippen LogP contribution in [0.1, 0.15) is 17.3 Å². The molecule has 0 heterocycles. The van der Waals surface area contributed by atoms with Crippen LogP contribution in [0, 0.1) is 0 Å². The van der Waals surface area contributed by atoms with Crippen molar-refractivity contribution in [1.82, 2.24) is 0 Å². The largest absolute Gasteiger partial charge is 0.435 e. The summed E-state index contributed by atoms with van der Waals surface area (Å²) in [5.41, 5.74) is 2.61. The van der Waals surface area contributed by atoms with Gasteiger partial charge < -0.3 is 20.7 Å². The summed E-state index contributed by atoms with van der Waals surface area (Å²) < 4.78 is 28.9. The minimum absolute atomic E-state index is 0.0423. The summed E-state index contributed by atoms with van der Waals surface area (Å²) in [5, 5.41) is 8.55. The van der Waals surface area contributed by atoms with Crippen molar-refractivity contribution in [3.8, 4) is 5.75 Å². The molecule has 0 aliphatic carbocycles. The van der Waals surface area contributed by atoms with E-state index in [1.165, 1.54) is 19.1 Å². The van der Waals surface area contributed by atoms with Gasteiger partial charge in [0.2, 0.25) is 5.91 Å². The van der Waals surface area contributed by atoms with E-state index in [9.17, 15) is 18.4 Å². The zero-order valence-corrected chi connectivity index (χ0v) is 16.0. The second-order valence-electron chi connectivity index (χ2n) is 6.29. The summed E-state index contributed by atoms with van der Waals surface area (Å²) in [6, 6.07) is 19.6. The van der Waals surface area contributed by atoms with Crippen LogP contribution in [0.25, 0.3) is 0 Å². The predicted molar refractivity (Wildman–Crippen MR) is 111 cm³/mol.